The number of para-hydroxylation sites is 1. The second-order valence-electron chi connectivity index (χ2n) is 8.40. The number of nitrogens with zero attached hydrogens (tertiary/aromatic N) is 1. The van der Waals surface area contributed by atoms with E-state index in [2.05, 4.69) is 82.9 Å². The second kappa shape index (κ2) is 10.1. The van der Waals surface area contributed by atoms with Gasteiger partial charge in [-0.15, -0.1) is 0 Å². The number of hydrogen-bond donors (Lipinski definition) is 0. The van der Waals surface area contributed by atoms with Gasteiger partial charge in [0, 0.05) is 22.1 Å². The molecule has 0 atom stereocenters. The van der Waals surface area contributed by atoms with Crippen molar-refractivity contribution in [2.45, 2.75) is 61.8 Å². The third kappa shape index (κ3) is 8.25. The van der Waals surface area contributed by atoms with Crippen molar-refractivity contribution in [1.29, 1.82) is 0 Å². The maximum Gasteiger partial charge on any atom is 0.0974 e. The highest BCUT2D eigenvalue weighted by atomic mass is 16.3. The molecule has 0 aliphatic heterocycles. The smallest absolute Gasteiger partial charge is 0.0974 e. The lowest BCUT2D eigenvalue weighted by Gasteiger charge is -2.17. The van der Waals surface area contributed by atoms with E-state index in [1.54, 1.807) is 12.5 Å². The Morgan fingerprint density at radius 2 is 1.52 bits per heavy atom. The number of benzene rings is 1. The van der Waals surface area contributed by atoms with E-state index < -0.39 is 0 Å². The summed E-state index contributed by atoms with van der Waals surface area (Å²) in [5.41, 5.74) is 3.73. The SMILES string of the molecule is C.C.CC(C)(C)/C=C/c1ccoc1.CC(C)(C)c1ccc2ccccc2n1. The molecule has 2 nitrogen and oxygen atoms in total. The van der Waals surface area contributed by atoms with Crippen LogP contribution < -0.4 is 0 Å². The van der Waals surface area contributed by atoms with Crippen LogP contribution >= 0.6 is 0 Å². The van der Waals surface area contributed by atoms with Crippen LogP contribution in [0.25, 0.3) is 17.0 Å². The Morgan fingerprint density at radius 1 is 0.852 bits per heavy atom. The molecule has 2 heterocycles. The minimum absolute atomic E-state index is 0. The Balaban J connectivity index is 0.000000479. The fraction of sp³-hybridized carbons (Fsp3) is 0.400. The lowest BCUT2D eigenvalue weighted by Crippen LogP contribution is -2.13. The molecule has 1 aromatic carbocycles. The van der Waals surface area contributed by atoms with Gasteiger partial charge in [0.25, 0.3) is 0 Å². The minimum atomic E-state index is 0. The maximum absolute atomic E-state index is 4.93. The summed E-state index contributed by atoms with van der Waals surface area (Å²) in [5, 5.41) is 1.21. The van der Waals surface area contributed by atoms with Gasteiger partial charge in [0.1, 0.15) is 0 Å². The van der Waals surface area contributed by atoms with Gasteiger partial charge in [0.2, 0.25) is 0 Å². The zero-order chi connectivity index (χ0) is 18.5. The van der Waals surface area contributed by atoms with Crippen LogP contribution in [-0.4, -0.2) is 4.98 Å². The average Bonchev–Trinajstić information content (AvgIpc) is 3.05. The summed E-state index contributed by atoms with van der Waals surface area (Å²) >= 11 is 0. The molecule has 3 aromatic rings. The number of furan rings is 1. The van der Waals surface area contributed by atoms with E-state index in [1.165, 1.54) is 5.39 Å². The molecule has 0 N–H and O–H groups in total. The highest BCUT2D eigenvalue weighted by Crippen LogP contribution is 2.22. The van der Waals surface area contributed by atoms with E-state index in [0.717, 1.165) is 16.8 Å². The van der Waals surface area contributed by atoms with Crippen molar-refractivity contribution in [3.8, 4) is 0 Å². The molecule has 0 spiro atoms. The molecule has 2 aromatic heterocycles. The number of aromatic nitrogens is 1. The van der Waals surface area contributed by atoms with E-state index in [4.69, 9.17) is 4.42 Å². The van der Waals surface area contributed by atoms with Gasteiger partial charge in [-0.2, -0.15) is 0 Å². The first-order valence-corrected chi connectivity index (χ1v) is 8.73. The Bertz CT molecular complexity index is 815. The minimum Gasteiger partial charge on any atom is -0.472 e. The zero-order valence-electron chi connectivity index (χ0n) is 16.2. The van der Waals surface area contributed by atoms with Crippen molar-refractivity contribution in [2.75, 3.05) is 0 Å². The predicted molar refractivity (Wildman–Crippen MR) is 121 cm³/mol. The molecule has 0 unspecified atom stereocenters. The van der Waals surface area contributed by atoms with Gasteiger partial charge in [-0.3, -0.25) is 4.98 Å². The molecule has 27 heavy (non-hydrogen) atoms. The van der Waals surface area contributed by atoms with Crippen molar-refractivity contribution in [3.63, 3.8) is 0 Å². The number of hydrogen-bond acceptors (Lipinski definition) is 2. The van der Waals surface area contributed by atoms with Crippen LogP contribution in [0.4, 0.5) is 0 Å². The number of allylic oxidation sites excluding steroid dienone is 1. The quantitative estimate of drug-likeness (QED) is 0.434. The first kappa shape index (κ1) is 24.7. The van der Waals surface area contributed by atoms with E-state index in [-0.39, 0.29) is 25.7 Å². The molecule has 0 fully saturated rings. The first-order valence-electron chi connectivity index (χ1n) is 8.73. The second-order valence-corrected chi connectivity index (χ2v) is 8.40. The molecule has 0 aliphatic carbocycles. The van der Waals surface area contributed by atoms with Gasteiger partial charge in [-0.05, 0) is 23.6 Å². The summed E-state index contributed by atoms with van der Waals surface area (Å²) in [6.45, 7) is 13.1. The van der Waals surface area contributed by atoms with Crippen LogP contribution in [0.5, 0.6) is 0 Å². The van der Waals surface area contributed by atoms with E-state index in [9.17, 15) is 0 Å². The average molecular weight is 368 g/mol. The molecule has 3 rings (SSSR count). The van der Waals surface area contributed by atoms with Crippen LogP contribution in [-0.2, 0) is 5.41 Å². The van der Waals surface area contributed by atoms with Gasteiger partial charge in [-0.1, -0.05) is 92.8 Å². The molecule has 0 bridgehead atoms. The molecule has 0 radical (unpaired) electrons. The summed E-state index contributed by atoms with van der Waals surface area (Å²) in [7, 11) is 0. The largest absolute Gasteiger partial charge is 0.472 e. The summed E-state index contributed by atoms with van der Waals surface area (Å²) in [6, 6.07) is 14.4. The van der Waals surface area contributed by atoms with Crippen LogP contribution in [0.15, 0.2) is 65.5 Å². The molecule has 148 valence electrons. The fourth-order valence-corrected chi connectivity index (χ4v) is 2.20. The third-order valence-corrected chi connectivity index (χ3v) is 3.69. The Hall–Kier alpha value is -2.35. The molecule has 2 heteroatoms. The van der Waals surface area contributed by atoms with Crippen molar-refractivity contribution < 1.29 is 4.42 Å². The maximum atomic E-state index is 4.93. The topological polar surface area (TPSA) is 26.0 Å². The van der Waals surface area contributed by atoms with Crippen LogP contribution in [0, 0.1) is 5.41 Å². The summed E-state index contributed by atoms with van der Waals surface area (Å²) < 4.78 is 4.93. The molecule has 0 saturated carbocycles. The Labute approximate surface area is 166 Å². The summed E-state index contributed by atoms with van der Waals surface area (Å²) in [6.07, 6.45) is 7.66. The van der Waals surface area contributed by atoms with Crippen molar-refractivity contribution >= 4 is 17.0 Å². The van der Waals surface area contributed by atoms with E-state index >= 15 is 0 Å². The van der Waals surface area contributed by atoms with Crippen LogP contribution in [0.2, 0.25) is 0 Å². The van der Waals surface area contributed by atoms with Gasteiger partial charge < -0.3 is 4.42 Å². The fourth-order valence-electron chi connectivity index (χ4n) is 2.20. The van der Waals surface area contributed by atoms with Gasteiger partial charge in [0.15, 0.2) is 0 Å². The zero-order valence-corrected chi connectivity index (χ0v) is 16.2. The van der Waals surface area contributed by atoms with Crippen molar-refractivity contribution in [2.24, 2.45) is 5.41 Å². The number of pyridine rings is 1. The van der Waals surface area contributed by atoms with Gasteiger partial charge in [0.05, 0.1) is 18.0 Å². The normalized spacial score (nSPS) is 11.3. The molecule has 0 saturated heterocycles. The van der Waals surface area contributed by atoms with Crippen molar-refractivity contribution in [3.05, 3.63) is 72.3 Å². The molecule has 0 aliphatic rings. The number of rotatable bonds is 1. The molecular weight excluding hydrogens is 330 g/mol. The lowest BCUT2D eigenvalue weighted by atomic mass is 9.91. The third-order valence-electron chi connectivity index (χ3n) is 3.69. The predicted octanol–water partition coefficient (Wildman–Crippen LogP) is 8.14. The van der Waals surface area contributed by atoms with E-state index in [0.29, 0.717) is 0 Å². The lowest BCUT2D eigenvalue weighted by molar-refractivity contribution is 0.546. The molecule has 0 amide bonds. The van der Waals surface area contributed by atoms with Crippen LogP contribution in [0.3, 0.4) is 0 Å². The highest BCUT2D eigenvalue weighted by Gasteiger charge is 2.15. The Kier molecular flexibility index (Phi) is 9.23. The number of fused-ring (bicyclic) bond motifs is 1. The summed E-state index contributed by atoms with van der Waals surface area (Å²) in [5.74, 6) is 0. The van der Waals surface area contributed by atoms with Gasteiger partial charge in [-0.25, -0.2) is 0 Å². The Morgan fingerprint density at radius 3 is 2.07 bits per heavy atom. The highest BCUT2D eigenvalue weighted by molar-refractivity contribution is 5.78. The molecular formula is C25H37NO. The van der Waals surface area contributed by atoms with Crippen LogP contribution in [0.1, 0.15) is 67.7 Å². The van der Waals surface area contributed by atoms with Gasteiger partial charge >= 0.3 is 0 Å². The first-order chi connectivity index (χ1) is 11.6. The monoisotopic (exact) mass is 367 g/mol. The van der Waals surface area contributed by atoms with E-state index in [1.807, 2.05) is 18.2 Å². The van der Waals surface area contributed by atoms with Crippen molar-refractivity contribution in [1.82, 2.24) is 4.98 Å². The standard InChI is InChI=1S/C13H15N.C10H14O.2CH4/c1-13(2,3)12-9-8-10-6-4-5-7-11(10)14-12;1-10(2,3)6-4-9-5-7-11-8-9;;/h4-9H,1-3H3;4-8H,1-3H3;2*1H4/b;6-4+;;. The summed E-state index contributed by atoms with van der Waals surface area (Å²) in [4.78, 5) is 4.65.